The molecule has 0 amide bonds. The van der Waals surface area contributed by atoms with E-state index in [0.717, 1.165) is 6.21 Å². The van der Waals surface area contributed by atoms with Crippen LogP contribution in [-0.2, 0) is 0 Å². The standard InChI is InChI=1S/C5H7FN2/c1-5(6)4-8-3-2-7/h2-4H,1,7H2/b3-2-,8-4?. The van der Waals surface area contributed by atoms with Gasteiger partial charge in [0.1, 0.15) is 5.83 Å². The molecule has 0 bridgehead atoms. The number of aliphatic imine (C=N–C) groups is 1. The average Bonchev–Trinajstić information content (AvgIpc) is 1.66. The van der Waals surface area contributed by atoms with E-state index in [2.05, 4.69) is 11.6 Å². The van der Waals surface area contributed by atoms with Crippen LogP contribution in [0.1, 0.15) is 0 Å². The van der Waals surface area contributed by atoms with E-state index in [-0.39, 0.29) is 0 Å². The molecule has 44 valence electrons. The molecular formula is C5H7FN2. The van der Waals surface area contributed by atoms with Gasteiger partial charge in [0.2, 0.25) is 0 Å². The molecule has 0 rings (SSSR count). The molecule has 0 unspecified atom stereocenters. The average molecular weight is 114 g/mol. The predicted molar refractivity (Wildman–Crippen MR) is 32.1 cm³/mol. The van der Waals surface area contributed by atoms with Crippen LogP contribution in [0.15, 0.2) is 29.8 Å². The van der Waals surface area contributed by atoms with Crippen LogP contribution >= 0.6 is 0 Å². The lowest BCUT2D eigenvalue weighted by Gasteiger charge is -1.74. The van der Waals surface area contributed by atoms with Crippen molar-refractivity contribution in [3.63, 3.8) is 0 Å². The number of hydrogen-bond acceptors (Lipinski definition) is 2. The Morgan fingerprint density at radius 1 is 1.75 bits per heavy atom. The van der Waals surface area contributed by atoms with Crippen LogP contribution in [0.2, 0.25) is 0 Å². The van der Waals surface area contributed by atoms with Crippen molar-refractivity contribution in [2.24, 2.45) is 10.7 Å². The third kappa shape index (κ3) is 4.88. The van der Waals surface area contributed by atoms with Crippen LogP contribution in [0.25, 0.3) is 0 Å². The molecule has 0 aromatic heterocycles. The van der Waals surface area contributed by atoms with E-state index in [9.17, 15) is 4.39 Å². The normalized spacial score (nSPS) is 11.1. The summed E-state index contributed by atoms with van der Waals surface area (Å²) >= 11 is 0. The van der Waals surface area contributed by atoms with E-state index in [1.54, 1.807) is 0 Å². The molecule has 0 aromatic carbocycles. The van der Waals surface area contributed by atoms with Gasteiger partial charge in [0.05, 0.1) is 6.21 Å². The highest BCUT2D eigenvalue weighted by atomic mass is 19.1. The second-order valence-corrected chi connectivity index (χ2v) is 1.07. The van der Waals surface area contributed by atoms with Gasteiger partial charge >= 0.3 is 0 Å². The van der Waals surface area contributed by atoms with Crippen LogP contribution in [0.4, 0.5) is 4.39 Å². The highest BCUT2D eigenvalue weighted by Gasteiger charge is 1.73. The minimum Gasteiger partial charge on any atom is -0.403 e. The second-order valence-electron chi connectivity index (χ2n) is 1.07. The van der Waals surface area contributed by atoms with Gasteiger partial charge in [-0.05, 0) is 0 Å². The third-order valence-electron chi connectivity index (χ3n) is 0.387. The SMILES string of the molecule is C=C(F)C=N/C=C\N. The van der Waals surface area contributed by atoms with E-state index in [0.29, 0.717) is 0 Å². The fourth-order valence-electron chi connectivity index (χ4n) is 0.174. The van der Waals surface area contributed by atoms with Crippen LogP contribution in [0, 0.1) is 0 Å². The first kappa shape index (κ1) is 6.88. The molecule has 0 aliphatic heterocycles. The molecule has 0 aromatic rings. The van der Waals surface area contributed by atoms with E-state index >= 15 is 0 Å². The van der Waals surface area contributed by atoms with Crippen molar-refractivity contribution >= 4 is 6.21 Å². The molecular weight excluding hydrogens is 107 g/mol. The van der Waals surface area contributed by atoms with Crippen molar-refractivity contribution in [2.75, 3.05) is 0 Å². The van der Waals surface area contributed by atoms with E-state index in [4.69, 9.17) is 5.73 Å². The molecule has 0 aliphatic carbocycles. The number of nitrogens with two attached hydrogens (primary N) is 1. The van der Waals surface area contributed by atoms with Crippen LogP contribution in [-0.4, -0.2) is 6.21 Å². The molecule has 0 saturated heterocycles. The Bertz CT molecular complexity index is 126. The summed E-state index contributed by atoms with van der Waals surface area (Å²) in [6.45, 7) is 2.94. The summed E-state index contributed by atoms with van der Waals surface area (Å²) in [4.78, 5) is 3.38. The van der Waals surface area contributed by atoms with E-state index in [1.165, 1.54) is 12.4 Å². The summed E-state index contributed by atoms with van der Waals surface area (Å²) < 4.78 is 11.6. The van der Waals surface area contributed by atoms with Crippen molar-refractivity contribution in [3.8, 4) is 0 Å². The molecule has 2 N–H and O–H groups in total. The van der Waals surface area contributed by atoms with Crippen molar-refractivity contribution in [1.82, 2.24) is 0 Å². The minimum atomic E-state index is -0.580. The Labute approximate surface area is 47.2 Å². The van der Waals surface area contributed by atoms with Crippen LogP contribution in [0.3, 0.4) is 0 Å². The Morgan fingerprint density at radius 3 is 2.75 bits per heavy atom. The maximum Gasteiger partial charge on any atom is 0.134 e. The summed E-state index contributed by atoms with van der Waals surface area (Å²) in [5.74, 6) is -0.580. The first-order valence-corrected chi connectivity index (χ1v) is 2.01. The Balaban J connectivity index is 3.50. The molecule has 0 spiro atoms. The monoisotopic (exact) mass is 114 g/mol. The molecule has 0 fully saturated rings. The third-order valence-corrected chi connectivity index (χ3v) is 0.387. The summed E-state index contributed by atoms with van der Waals surface area (Å²) in [5.41, 5.74) is 4.87. The minimum absolute atomic E-state index is 0.580. The topological polar surface area (TPSA) is 38.4 Å². The first-order valence-electron chi connectivity index (χ1n) is 2.01. The van der Waals surface area contributed by atoms with E-state index in [1.807, 2.05) is 0 Å². The molecule has 0 saturated carbocycles. The highest BCUT2D eigenvalue weighted by Crippen LogP contribution is 1.83. The number of allylic oxidation sites excluding steroid dienone is 1. The van der Waals surface area contributed by atoms with E-state index < -0.39 is 5.83 Å². The van der Waals surface area contributed by atoms with Gasteiger partial charge in [0.15, 0.2) is 0 Å². The fourth-order valence-corrected chi connectivity index (χ4v) is 0.174. The zero-order chi connectivity index (χ0) is 6.41. The summed E-state index contributed by atoms with van der Waals surface area (Å²) in [6, 6.07) is 0. The predicted octanol–water partition coefficient (Wildman–Crippen LogP) is 0.970. The molecule has 2 nitrogen and oxygen atoms in total. The van der Waals surface area contributed by atoms with Gasteiger partial charge in [0.25, 0.3) is 0 Å². The van der Waals surface area contributed by atoms with Gasteiger partial charge in [-0.15, -0.1) is 0 Å². The van der Waals surface area contributed by atoms with Gasteiger partial charge in [-0.2, -0.15) is 0 Å². The molecule has 0 atom stereocenters. The lowest BCUT2D eigenvalue weighted by molar-refractivity contribution is 0.690. The van der Waals surface area contributed by atoms with Gasteiger partial charge in [-0.1, -0.05) is 6.58 Å². The zero-order valence-electron chi connectivity index (χ0n) is 4.34. The van der Waals surface area contributed by atoms with Crippen molar-refractivity contribution in [2.45, 2.75) is 0 Å². The molecule has 0 aliphatic rings. The molecule has 8 heavy (non-hydrogen) atoms. The smallest absolute Gasteiger partial charge is 0.134 e. The van der Waals surface area contributed by atoms with Gasteiger partial charge in [-0.25, -0.2) is 4.39 Å². The summed E-state index contributed by atoms with van der Waals surface area (Å²) in [6.07, 6.45) is 3.45. The molecule has 3 heteroatoms. The second kappa shape index (κ2) is 4.05. The summed E-state index contributed by atoms with van der Waals surface area (Å²) in [7, 11) is 0. The van der Waals surface area contributed by atoms with Gasteiger partial charge in [0, 0.05) is 12.4 Å². The number of halogens is 1. The van der Waals surface area contributed by atoms with Gasteiger partial charge < -0.3 is 5.73 Å². The number of hydrogen-bond donors (Lipinski definition) is 1. The van der Waals surface area contributed by atoms with Crippen molar-refractivity contribution < 1.29 is 4.39 Å². The molecule has 0 radical (unpaired) electrons. The van der Waals surface area contributed by atoms with Crippen molar-refractivity contribution in [1.29, 1.82) is 0 Å². The van der Waals surface area contributed by atoms with Crippen LogP contribution in [0.5, 0.6) is 0 Å². The Morgan fingerprint density at radius 2 is 2.38 bits per heavy atom. The lowest BCUT2D eigenvalue weighted by Crippen LogP contribution is -1.74. The number of rotatable bonds is 2. The highest BCUT2D eigenvalue weighted by molar-refractivity contribution is 5.74. The lowest BCUT2D eigenvalue weighted by atomic mass is 10.6. The van der Waals surface area contributed by atoms with Gasteiger partial charge in [-0.3, -0.25) is 4.99 Å². The first-order chi connectivity index (χ1) is 3.77. The zero-order valence-corrected chi connectivity index (χ0v) is 4.34. The van der Waals surface area contributed by atoms with Crippen molar-refractivity contribution in [3.05, 3.63) is 24.8 Å². The maximum atomic E-state index is 11.6. The number of nitrogens with zero attached hydrogens (tertiary/aromatic N) is 1. The molecule has 0 heterocycles. The Kier molecular flexibility index (Phi) is 3.48. The maximum absolute atomic E-state index is 11.6. The quantitative estimate of drug-likeness (QED) is 0.534. The largest absolute Gasteiger partial charge is 0.403 e. The van der Waals surface area contributed by atoms with Crippen LogP contribution < -0.4 is 5.73 Å². The fraction of sp³-hybridized carbons (Fsp3) is 0. The summed E-state index contributed by atoms with van der Waals surface area (Å²) in [5, 5.41) is 0. The Hall–Kier alpha value is -1.12.